The summed E-state index contributed by atoms with van der Waals surface area (Å²) in [5.41, 5.74) is 0.0599. The second-order valence-corrected chi connectivity index (χ2v) is 9.88. The molecule has 0 aromatic heterocycles. The maximum absolute atomic E-state index is 12.9. The number of benzene rings is 2. The molecule has 1 saturated carbocycles. The maximum atomic E-state index is 12.9. The van der Waals surface area contributed by atoms with E-state index in [4.69, 9.17) is 4.74 Å². The van der Waals surface area contributed by atoms with Crippen LogP contribution < -0.4 is 4.74 Å². The van der Waals surface area contributed by atoms with Crippen LogP contribution in [-0.4, -0.2) is 60.7 Å². The van der Waals surface area contributed by atoms with E-state index < -0.39 is 20.6 Å². The number of nitro benzene ring substituents is 1. The summed E-state index contributed by atoms with van der Waals surface area (Å²) in [6.45, 7) is 0.560. The second-order valence-electron chi connectivity index (χ2n) is 7.97. The molecule has 170 valence electrons. The van der Waals surface area contributed by atoms with Gasteiger partial charge in [0.25, 0.3) is 11.6 Å². The van der Waals surface area contributed by atoms with Gasteiger partial charge in [-0.15, -0.1) is 0 Å². The topological polar surface area (TPSA) is 110 Å². The molecular formula is C22H25N3O6S. The number of piperazine rings is 1. The molecule has 10 heteroatoms. The number of nitro groups is 1. The van der Waals surface area contributed by atoms with Gasteiger partial charge in [0.15, 0.2) is 4.90 Å². The normalized spacial score (nSPS) is 17.9. The Labute approximate surface area is 186 Å². The van der Waals surface area contributed by atoms with Gasteiger partial charge in [-0.1, -0.05) is 12.1 Å². The van der Waals surface area contributed by atoms with Crippen molar-refractivity contribution in [1.29, 1.82) is 0 Å². The van der Waals surface area contributed by atoms with Gasteiger partial charge in [-0.05, 0) is 56.0 Å². The lowest BCUT2D eigenvalue weighted by molar-refractivity contribution is -0.387. The molecule has 0 N–H and O–H groups in total. The summed E-state index contributed by atoms with van der Waals surface area (Å²) in [6.07, 6.45) is 4.72. The number of sulfonamides is 1. The summed E-state index contributed by atoms with van der Waals surface area (Å²) in [5.74, 6) is 0.564. The van der Waals surface area contributed by atoms with E-state index >= 15 is 0 Å². The zero-order chi connectivity index (χ0) is 22.7. The van der Waals surface area contributed by atoms with Gasteiger partial charge >= 0.3 is 0 Å². The van der Waals surface area contributed by atoms with Gasteiger partial charge < -0.3 is 9.64 Å². The van der Waals surface area contributed by atoms with Crippen molar-refractivity contribution in [3.05, 3.63) is 64.2 Å². The van der Waals surface area contributed by atoms with Crippen molar-refractivity contribution in [3.8, 4) is 5.75 Å². The van der Waals surface area contributed by atoms with E-state index in [1.165, 1.54) is 41.4 Å². The zero-order valence-corrected chi connectivity index (χ0v) is 18.4. The van der Waals surface area contributed by atoms with Gasteiger partial charge in [0.2, 0.25) is 10.0 Å². The molecule has 1 amide bonds. The van der Waals surface area contributed by atoms with E-state index in [-0.39, 0.29) is 43.1 Å². The fraction of sp³-hybridized carbons (Fsp3) is 0.409. The summed E-state index contributed by atoms with van der Waals surface area (Å²) in [6, 6.07) is 12.3. The number of ether oxygens (including phenoxy) is 1. The van der Waals surface area contributed by atoms with Crippen molar-refractivity contribution in [2.45, 2.75) is 36.7 Å². The molecule has 2 aliphatic rings. The van der Waals surface area contributed by atoms with Crippen molar-refractivity contribution in [1.82, 2.24) is 9.21 Å². The quantitative estimate of drug-likeness (QED) is 0.485. The molecule has 9 nitrogen and oxygen atoms in total. The largest absolute Gasteiger partial charge is 0.490 e. The Kier molecular flexibility index (Phi) is 6.43. The minimum atomic E-state index is -4.03. The number of para-hydroxylation sites is 1. The Morgan fingerprint density at radius 2 is 1.59 bits per heavy atom. The predicted octanol–water partition coefficient (Wildman–Crippen LogP) is 3.06. The fourth-order valence-electron chi connectivity index (χ4n) is 4.15. The molecule has 1 heterocycles. The summed E-state index contributed by atoms with van der Waals surface area (Å²) >= 11 is 0. The van der Waals surface area contributed by atoms with Crippen molar-refractivity contribution < 1.29 is 22.9 Å². The number of nitrogens with zero attached hydrogens (tertiary/aromatic N) is 3. The molecule has 0 spiro atoms. The third-order valence-electron chi connectivity index (χ3n) is 5.91. The Morgan fingerprint density at radius 1 is 0.969 bits per heavy atom. The van der Waals surface area contributed by atoms with E-state index in [0.29, 0.717) is 5.56 Å². The second kappa shape index (κ2) is 9.25. The number of amides is 1. The Morgan fingerprint density at radius 3 is 2.22 bits per heavy atom. The first-order valence-electron chi connectivity index (χ1n) is 10.7. The van der Waals surface area contributed by atoms with Gasteiger partial charge in [0.1, 0.15) is 5.75 Å². The minimum absolute atomic E-state index is 0.0724. The SMILES string of the molecule is O=C(c1ccc(OC2CCCC2)cc1)N1CCN(S(=O)(=O)c2ccccc2[N+](=O)[O-])CC1. The fourth-order valence-corrected chi connectivity index (χ4v) is 5.73. The van der Waals surface area contributed by atoms with Crippen molar-refractivity contribution in [2.75, 3.05) is 26.2 Å². The van der Waals surface area contributed by atoms with Crippen LogP contribution in [-0.2, 0) is 10.0 Å². The molecule has 1 aliphatic carbocycles. The maximum Gasteiger partial charge on any atom is 0.289 e. The van der Waals surface area contributed by atoms with E-state index in [9.17, 15) is 23.3 Å². The number of hydrogen-bond donors (Lipinski definition) is 0. The van der Waals surface area contributed by atoms with Crippen LogP contribution in [0.4, 0.5) is 5.69 Å². The van der Waals surface area contributed by atoms with Crippen molar-refractivity contribution >= 4 is 21.6 Å². The predicted molar refractivity (Wildman–Crippen MR) is 117 cm³/mol. The minimum Gasteiger partial charge on any atom is -0.490 e. The standard InChI is InChI=1S/C22H25N3O6S/c26-22(17-9-11-19(12-10-17)31-18-5-1-2-6-18)23-13-15-24(16-14-23)32(29,30)21-8-4-3-7-20(21)25(27)28/h3-4,7-12,18H,1-2,5-6,13-16H2. The highest BCUT2D eigenvalue weighted by Crippen LogP contribution is 2.28. The average Bonchev–Trinajstić information content (AvgIpc) is 3.32. The van der Waals surface area contributed by atoms with Crippen LogP contribution in [0.15, 0.2) is 53.4 Å². The Bertz CT molecular complexity index is 1090. The van der Waals surface area contributed by atoms with Crippen molar-refractivity contribution in [2.24, 2.45) is 0 Å². The molecule has 2 aromatic carbocycles. The molecular weight excluding hydrogens is 434 g/mol. The molecule has 2 fully saturated rings. The molecule has 32 heavy (non-hydrogen) atoms. The molecule has 4 rings (SSSR count). The average molecular weight is 460 g/mol. The summed E-state index contributed by atoms with van der Waals surface area (Å²) in [4.78, 5) is 24.6. The van der Waals surface area contributed by atoms with Gasteiger partial charge in [0, 0.05) is 37.8 Å². The van der Waals surface area contributed by atoms with Crippen LogP contribution in [0.1, 0.15) is 36.0 Å². The molecule has 1 saturated heterocycles. The summed E-state index contributed by atoms with van der Waals surface area (Å²) in [5, 5.41) is 11.2. The van der Waals surface area contributed by atoms with Crippen LogP contribution in [0.3, 0.4) is 0 Å². The Hall–Kier alpha value is -2.98. The molecule has 0 radical (unpaired) electrons. The molecule has 0 bridgehead atoms. The first-order valence-corrected chi connectivity index (χ1v) is 12.1. The molecule has 0 unspecified atom stereocenters. The zero-order valence-electron chi connectivity index (χ0n) is 17.6. The van der Waals surface area contributed by atoms with Crippen LogP contribution in [0.2, 0.25) is 0 Å². The lowest BCUT2D eigenvalue weighted by Gasteiger charge is -2.34. The van der Waals surface area contributed by atoms with Crippen LogP contribution >= 0.6 is 0 Å². The van der Waals surface area contributed by atoms with Gasteiger partial charge in [-0.2, -0.15) is 4.31 Å². The molecule has 0 atom stereocenters. The van der Waals surface area contributed by atoms with Gasteiger partial charge in [0.05, 0.1) is 11.0 Å². The van der Waals surface area contributed by atoms with Crippen LogP contribution in [0, 0.1) is 10.1 Å². The van der Waals surface area contributed by atoms with E-state index in [0.717, 1.165) is 18.6 Å². The smallest absolute Gasteiger partial charge is 0.289 e. The third kappa shape index (κ3) is 4.61. The number of carbonyl (C=O) groups is 1. The highest BCUT2D eigenvalue weighted by Gasteiger charge is 2.34. The first kappa shape index (κ1) is 22.2. The van der Waals surface area contributed by atoms with E-state index in [1.807, 2.05) is 0 Å². The lowest BCUT2D eigenvalue weighted by Crippen LogP contribution is -2.50. The van der Waals surface area contributed by atoms with E-state index in [1.54, 1.807) is 29.2 Å². The molecule has 1 aliphatic heterocycles. The van der Waals surface area contributed by atoms with E-state index in [2.05, 4.69) is 0 Å². The van der Waals surface area contributed by atoms with Gasteiger partial charge in [-0.25, -0.2) is 8.42 Å². The van der Waals surface area contributed by atoms with Crippen LogP contribution in [0.25, 0.3) is 0 Å². The number of hydrogen-bond acceptors (Lipinski definition) is 6. The lowest BCUT2D eigenvalue weighted by atomic mass is 10.1. The summed E-state index contributed by atoms with van der Waals surface area (Å²) in [7, 11) is -4.03. The van der Waals surface area contributed by atoms with Gasteiger partial charge in [-0.3, -0.25) is 14.9 Å². The Balaban J connectivity index is 1.39. The number of carbonyl (C=O) groups excluding carboxylic acids is 1. The highest BCUT2D eigenvalue weighted by molar-refractivity contribution is 7.89. The highest BCUT2D eigenvalue weighted by atomic mass is 32.2. The first-order chi connectivity index (χ1) is 15.4. The monoisotopic (exact) mass is 459 g/mol. The third-order valence-corrected chi connectivity index (χ3v) is 7.86. The molecule has 2 aromatic rings. The summed E-state index contributed by atoms with van der Waals surface area (Å²) < 4.78 is 33.0. The van der Waals surface area contributed by atoms with Crippen LogP contribution in [0.5, 0.6) is 5.75 Å². The number of rotatable bonds is 6. The van der Waals surface area contributed by atoms with Crippen molar-refractivity contribution in [3.63, 3.8) is 0 Å².